The Kier molecular flexibility index (Phi) is 6.84. The number of nitrogens with zero attached hydrogens (tertiary/aromatic N) is 3. The number of hydrogen-bond acceptors (Lipinski definition) is 5. The lowest BCUT2D eigenvalue weighted by Crippen LogP contribution is -2.16. The average molecular weight is 334 g/mol. The Balaban J connectivity index is 2.29. The number of aromatic nitrogens is 4. The largest absolute Gasteiger partial charge is 0.490 e. The van der Waals surface area contributed by atoms with E-state index >= 15 is 0 Å². The van der Waals surface area contributed by atoms with Crippen molar-refractivity contribution in [1.29, 1.82) is 0 Å². The van der Waals surface area contributed by atoms with Gasteiger partial charge in [-0.25, -0.2) is 14.9 Å². The van der Waals surface area contributed by atoms with E-state index in [4.69, 9.17) is 9.47 Å². The summed E-state index contributed by atoms with van der Waals surface area (Å²) in [5, 5.41) is 6.53. The number of H-pyrrole nitrogens is 1. The van der Waals surface area contributed by atoms with Gasteiger partial charge < -0.3 is 9.47 Å². The molecular formula is C17H26N4O3. The van der Waals surface area contributed by atoms with Crippen LogP contribution in [0.5, 0.6) is 11.5 Å². The van der Waals surface area contributed by atoms with Crippen molar-refractivity contribution in [2.45, 2.75) is 53.0 Å². The Labute approximate surface area is 142 Å². The first-order valence-electron chi connectivity index (χ1n) is 8.62. The maximum atomic E-state index is 11.7. The summed E-state index contributed by atoms with van der Waals surface area (Å²) < 4.78 is 13.2. The first-order valence-corrected chi connectivity index (χ1v) is 8.62. The second-order valence-corrected chi connectivity index (χ2v) is 5.52. The van der Waals surface area contributed by atoms with Crippen LogP contribution in [0.3, 0.4) is 0 Å². The molecule has 0 amide bonds. The van der Waals surface area contributed by atoms with Crippen molar-refractivity contribution in [2.75, 3.05) is 13.2 Å². The van der Waals surface area contributed by atoms with Gasteiger partial charge in [0, 0.05) is 12.6 Å². The molecule has 0 atom stereocenters. The zero-order valence-corrected chi connectivity index (χ0v) is 14.7. The van der Waals surface area contributed by atoms with E-state index in [1.165, 1.54) is 4.57 Å². The minimum absolute atomic E-state index is 0.244. The van der Waals surface area contributed by atoms with Gasteiger partial charge in [-0.15, -0.1) is 0 Å². The summed E-state index contributed by atoms with van der Waals surface area (Å²) in [6.45, 7) is 7.89. The van der Waals surface area contributed by atoms with E-state index in [0.717, 1.165) is 25.7 Å². The van der Waals surface area contributed by atoms with Gasteiger partial charge in [0.15, 0.2) is 17.3 Å². The first-order chi connectivity index (χ1) is 11.7. The van der Waals surface area contributed by atoms with Crippen LogP contribution < -0.4 is 15.2 Å². The van der Waals surface area contributed by atoms with Gasteiger partial charge in [-0.3, -0.25) is 4.57 Å². The number of rotatable bonds is 10. The van der Waals surface area contributed by atoms with Gasteiger partial charge in [-0.05, 0) is 19.8 Å². The molecule has 0 aliphatic carbocycles. The van der Waals surface area contributed by atoms with E-state index in [2.05, 4.69) is 29.0 Å². The van der Waals surface area contributed by atoms with Crippen molar-refractivity contribution in [1.82, 2.24) is 19.7 Å². The van der Waals surface area contributed by atoms with Gasteiger partial charge in [-0.1, -0.05) is 26.7 Å². The van der Waals surface area contributed by atoms with E-state index < -0.39 is 0 Å². The standard InChI is InChI=1S/C17H26N4O3/c1-4-7-9-23-14-11-13(16-19-20-17(22)21(16)6-3)18-12-15(14)24-10-8-5-2/h11-12H,4-10H2,1-3H3,(H,20,22). The molecule has 2 aromatic rings. The molecule has 0 saturated heterocycles. The van der Waals surface area contributed by atoms with E-state index in [1.807, 2.05) is 6.92 Å². The molecule has 2 rings (SSSR count). The fourth-order valence-corrected chi connectivity index (χ4v) is 2.23. The quantitative estimate of drug-likeness (QED) is 0.675. The molecule has 0 aliphatic rings. The molecule has 132 valence electrons. The smallest absolute Gasteiger partial charge is 0.343 e. The number of ether oxygens (including phenoxy) is 2. The van der Waals surface area contributed by atoms with Crippen LogP contribution in [0, 0.1) is 0 Å². The number of hydrogen-bond donors (Lipinski definition) is 1. The molecule has 2 heterocycles. The molecule has 0 aliphatic heterocycles. The van der Waals surface area contributed by atoms with E-state index in [1.54, 1.807) is 12.3 Å². The van der Waals surface area contributed by atoms with E-state index in [9.17, 15) is 4.79 Å². The van der Waals surface area contributed by atoms with Crippen LogP contribution in [0.1, 0.15) is 46.5 Å². The maximum Gasteiger partial charge on any atom is 0.343 e. The van der Waals surface area contributed by atoms with Crippen molar-refractivity contribution >= 4 is 0 Å². The van der Waals surface area contributed by atoms with Gasteiger partial charge in [0.2, 0.25) is 0 Å². The molecule has 7 nitrogen and oxygen atoms in total. The molecular weight excluding hydrogens is 308 g/mol. The van der Waals surface area contributed by atoms with Crippen LogP contribution in [-0.2, 0) is 6.54 Å². The van der Waals surface area contributed by atoms with E-state index in [0.29, 0.717) is 42.8 Å². The SMILES string of the molecule is CCCCOc1cnc(-c2n[nH]c(=O)n2CC)cc1OCCCC. The monoisotopic (exact) mass is 334 g/mol. The summed E-state index contributed by atoms with van der Waals surface area (Å²) >= 11 is 0. The number of pyridine rings is 1. The predicted molar refractivity (Wildman–Crippen MR) is 92.6 cm³/mol. The molecule has 0 saturated carbocycles. The average Bonchev–Trinajstić information content (AvgIpc) is 2.97. The third kappa shape index (κ3) is 4.37. The Morgan fingerprint density at radius 1 is 1.08 bits per heavy atom. The van der Waals surface area contributed by atoms with Gasteiger partial charge in [-0.2, -0.15) is 5.10 Å². The first kappa shape index (κ1) is 18.0. The molecule has 24 heavy (non-hydrogen) atoms. The maximum absolute atomic E-state index is 11.7. The highest BCUT2D eigenvalue weighted by atomic mass is 16.5. The van der Waals surface area contributed by atoms with Gasteiger partial charge in [0.25, 0.3) is 0 Å². The second kappa shape index (κ2) is 9.10. The van der Waals surface area contributed by atoms with Crippen LogP contribution in [0.15, 0.2) is 17.1 Å². The van der Waals surface area contributed by atoms with Gasteiger partial charge >= 0.3 is 5.69 Å². The Bertz CT molecular complexity index is 693. The number of nitrogens with one attached hydrogen (secondary N) is 1. The van der Waals surface area contributed by atoms with Crippen LogP contribution >= 0.6 is 0 Å². The van der Waals surface area contributed by atoms with Gasteiger partial charge in [0.05, 0.1) is 19.4 Å². The Morgan fingerprint density at radius 3 is 2.38 bits per heavy atom. The normalized spacial score (nSPS) is 10.8. The highest BCUT2D eigenvalue weighted by Gasteiger charge is 2.15. The molecule has 0 bridgehead atoms. The molecule has 0 radical (unpaired) electrons. The highest BCUT2D eigenvalue weighted by molar-refractivity contribution is 5.55. The number of unbranched alkanes of at least 4 members (excludes halogenated alkanes) is 2. The van der Waals surface area contributed by atoms with Gasteiger partial charge in [0.1, 0.15) is 5.69 Å². The molecule has 0 aromatic carbocycles. The van der Waals surface area contributed by atoms with Crippen molar-refractivity contribution < 1.29 is 9.47 Å². The molecule has 0 fully saturated rings. The highest BCUT2D eigenvalue weighted by Crippen LogP contribution is 2.30. The Hall–Kier alpha value is -2.31. The molecule has 0 unspecified atom stereocenters. The Morgan fingerprint density at radius 2 is 1.75 bits per heavy atom. The number of aromatic amines is 1. The minimum atomic E-state index is -0.244. The third-order valence-electron chi connectivity index (χ3n) is 3.65. The van der Waals surface area contributed by atoms with E-state index in [-0.39, 0.29) is 5.69 Å². The predicted octanol–water partition coefficient (Wildman–Crippen LogP) is 3.01. The summed E-state index contributed by atoms with van der Waals surface area (Å²) in [5.41, 5.74) is 0.343. The molecule has 0 spiro atoms. The summed E-state index contributed by atoms with van der Waals surface area (Å²) in [7, 11) is 0. The van der Waals surface area contributed by atoms with Crippen molar-refractivity contribution in [3.8, 4) is 23.0 Å². The van der Waals surface area contributed by atoms with Crippen LogP contribution in [-0.4, -0.2) is 33.0 Å². The topological polar surface area (TPSA) is 82.0 Å². The van der Waals surface area contributed by atoms with Crippen LogP contribution in [0.4, 0.5) is 0 Å². The van der Waals surface area contributed by atoms with Crippen molar-refractivity contribution in [3.05, 3.63) is 22.7 Å². The summed E-state index contributed by atoms with van der Waals surface area (Å²) in [5.74, 6) is 1.77. The fourth-order valence-electron chi connectivity index (χ4n) is 2.23. The zero-order valence-electron chi connectivity index (χ0n) is 14.7. The fraction of sp³-hybridized carbons (Fsp3) is 0.588. The lowest BCUT2D eigenvalue weighted by Gasteiger charge is -2.13. The molecule has 2 aromatic heterocycles. The molecule has 7 heteroatoms. The zero-order chi connectivity index (χ0) is 17.4. The van der Waals surface area contributed by atoms with Crippen molar-refractivity contribution in [3.63, 3.8) is 0 Å². The third-order valence-corrected chi connectivity index (χ3v) is 3.65. The summed E-state index contributed by atoms with van der Waals surface area (Å²) in [4.78, 5) is 16.1. The lowest BCUT2D eigenvalue weighted by molar-refractivity contribution is 0.261. The van der Waals surface area contributed by atoms with Crippen LogP contribution in [0.2, 0.25) is 0 Å². The minimum Gasteiger partial charge on any atom is -0.490 e. The summed E-state index contributed by atoms with van der Waals surface area (Å²) in [6.07, 6.45) is 5.71. The van der Waals surface area contributed by atoms with Crippen molar-refractivity contribution in [2.24, 2.45) is 0 Å². The molecule has 1 N–H and O–H groups in total. The lowest BCUT2D eigenvalue weighted by atomic mass is 10.3. The summed E-state index contributed by atoms with van der Waals surface area (Å²) in [6, 6.07) is 1.79. The van der Waals surface area contributed by atoms with Crippen LogP contribution in [0.25, 0.3) is 11.5 Å². The second-order valence-electron chi connectivity index (χ2n) is 5.52.